The smallest absolute Gasteiger partial charge is 0.250 e. The molecule has 0 bridgehead atoms. The molecule has 0 aliphatic carbocycles. The van der Waals surface area contributed by atoms with Crippen molar-refractivity contribution in [3.05, 3.63) is 30.3 Å². The molecule has 0 unspecified atom stereocenters. The Bertz CT molecular complexity index is 949. The van der Waals surface area contributed by atoms with E-state index in [2.05, 4.69) is 9.71 Å². The topological polar surface area (TPSA) is 168 Å². The quantitative estimate of drug-likeness (QED) is 0.158. The van der Waals surface area contributed by atoms with Crippen LogP contribution in [0.2, 0.25) is 0 Å². The minimum absolute atomic E-state index is 0.0487. The van der Waals surface area contributed by atoms with E-state index in [9.17, 15) is 22.8 Å². The van der Waals surface area contributed by atoms with Gasteiger partial charge < -0.3 is 26.1 Å². The minimum Gasteiger partial charge on any atom is -0.370 e. The number of guanidine groups is 1. The van der Waals surface area contributed by atoms with Crippen molar-refractivity contribution in [1.82, 2.24) is 9.62 Å². The largest absolute Gasteiger partial charge is 0.370 e. The Morgan fingerprint density at radius 2 is 2.00 bits per heavy atom. The van der Waals surface area contributed by atoms with E-state index in [0.29, 0.717) is 50.7 Å². The number of aldehydes is 1. The molecule has 1 saturated heterocycles. The van der Waals surface area contributed by atoms with Crippen molar-refractivity contribution in [1.29, 1.82) is 0 Å². The fraction of sp³-hybridized carbons (Fsp3) is 0.524. The number of aliphatic imine (C=N–C) groups is 1. The molecule has 2 rings (SSSR count). The second kappa shape index (κ2) is 12.3. The molecule has 182 valence electrons. The molecule has 2 amide bonds. The van der Waals surface area contributed by atoms with Crippen LogP contribution in [0.5, 0.6) is 0 Å². The summed E-state index contributed by atoms with van der Waals surface area (Å²) in [6.07, 6.45) is 2.54. The number of sulfonamides is 1. The Morgan fingerprint density at radius 3 is 2.61 bits per heavy atom. The van der Waals surface area contributed by atoms with Crippen LogP contribution in [0.15, 0.2) is 35.3 Å². The van der Waals surface area contributed by atoms with E-state index in [1.165, 1.54) is 16.7 Å². The van der Waals surface area contributed by atoms with Crippen LogP contribution in [-0.2, 0) is 24.4 Å². The number of nitrogens with one attached hydrogen (secondary N) is 1. The van der Waals surface area contributed by atoms with Crippen LogP contribution in [0.25, 0.3) is 0 Å². The molecule has 1 aromatic rings. The van der Waals surface area contributed by atoms with Crippen LogP contribution >= 0.6 is 0 Å². The Hall–Kier alpha value is -2.99. The summed E-state index contributed by atoms with van der Waals surface area (Å²) >= 11 is 0. The number of anilines is 1. The van der Waals surface area contributed by atoms with Gasteiger partial charge >= 0.3 is 0 Å². The zero-order valence-corrected chi connectivity index (χ0v) is 19.5. The van der Waals surface area contributed by atoms with Crippen LogP contribution in [0.1, 0.15) is 32.6 Å². The van der Waals surface area contributed by atoms with Gasteiger partial charge in [-0.3, -0.25) is 14.6 Å². The molecule has 2 atom stereocenters. The molecule has 1 aromatic carbocycles. The maximum Gasteiger partial charge on any atom is 0.250 e. The summed E-state index contributed by atoms with van der Waals surface area (Å²) in [4.78, 5) is 45.0. The first kappa shape index (κ1) is 26.3. The molecule has 1 fully saturated rings. The summed E-state index contributed by atoms with van der Waals surface area (Å²) in [7, 11) is -3.55. The van der Waals surface area contributed by atoms with Gasteiger partial charge in [0, 0.05) is 18.8 Å². The summed E-state index contributed by atoms with van der Waals surface area (Å²) in [5, 5.41) is 0. The maximum atomic E-state index is 13.6. The molecule has 0 spiro atoms. The lowest BCUT2D eigenvalue weighted by Gasteiger charge is -2.33. The van der Waals surface area contributed by atoms with Gasteiger partial charge in [-0.25, -0.2) is 13.1 Å². The number of para-hydroxylation sites is 1. The molecular weight excluding hydrogens is 448 g/mol. The molecule has 11 nitrogen and oxygen atoms in total. The highest BCUT2D eigenvalue weighted by molar-refractivity contribution is 7.89. The van der Waals surface area contributed by atoms with E-state index in [1.54, 1.807) is 30.3 Å². The Kier molecular flexibility index (Phi) is 9.79. The number of carbonyl (C=O) groups excluding carboxylic acids is 3. The van der Waals surface area contributed by atoms with E-state index in [0.717, 1.165) is 0 Å². The van der Waals surface area contributed by atoms with E-state index in [4.69, 9.17) is 11.5 Å². The van der Waals surface area contributed by atoms with Gasteiger partial charge in [0.15, 0.2) is 5.96 Å². The first-order valence-electron chi connectivity index (χ1n) is 10.9. The fourth-order valence-electron chi connectivity index (χ4n) is 3.70. The van der Waals surface area contributed by atoms with Crippen LogP contribution < -0.4 is 21.1 Å². The summed E-state index contributed by atoms with van der Waals surface area (Å²) in [5.41, 5.74) is 11.2. The third kappa shape index (κ3) is 7.53. The van der Waals surface area contributed by atoms with Crippen LogP contribution in [0, 0.1) is 0 Å². The van der Waals surface area contributed by atoms with Crippen molar-refractivity contribution in [3.63, 3.8) is 0 Å². The summed E-state index contributed by atoms with van der Waals surface area (Å²) < 4.78 is 25.7. The summed E-state index contributed by atoms with van der Waals surface area (Å²) in [6.45, 7) is 1.71. The standard InChI is InChI=1S/C21H32N6O5S/c1-2-33(31,32)25-14-19(29)26-13-7-11-18(26)20(30)27(16-8-4-3-5-9-16)17(15-28)10-6-12-24-21(22)23/h3-5,8-9,15,17-18,25H,2,6-7,10-14H2,1H3,(H4,22,23,24)/t17-,18-/m0/s1. The Balaban J connectivity index is 2.23. The van der Waals surface area contributed by atoms with Crippen molar-refractivity contribution in [2.45, 2.75) is 44.7 Å². The van der Waals surface area contributed by atoms with E-state index in [-0.39, 0.29) is 17.6 Å². The summed E-state index contributed by atoms with van der Waals surface area (Å²) in [5.74, 6) is -1.06. The van der Waals surface area contributed by atoms with Crippen LogP contribution in [0.4, 0.5) is 5.69 Å². The molecule has 0 radical (unpaired) electrons. The number of amides is 2. The van der Waals surface area contributed by atoms with E-state index in [1.807, 2.05) is 0 Å². The fourth-order valence-corrected chi connectivity index (χ4v) is 4.24. The maximum absolute atomic E-state index is 13.6. The number of likely N-dealkylation sites (tertiary alicyclic amines) is 1. The minimum atomic E-state index is -3.55. The molecule has 1 heterocycles. The average Bonchev–Trinajstić information content (AvgIpc) is 3.30. The number of rotatable bonds is 12. The third-order valence-corrected chi connectivity index (χ3v) is 6.74. The summed E-state index contributed by atoms with van der Waals surface area (Å²) in [6, 6.07) is 7.20. The van der Waals surface area contributed by atoms with Crippen LogP contribution in [0.3, 0.4) is 0 Å². The lowest BCUT2D eigenvalue weighted by molar-refractivity contribution is -0.136. The Labute approximate surface area is 194 Å². The molecule has 0 aromatic heterocycles. The molecule has 5 N–H and O–H groups in total. The van der Waals surface area contributed by atoms with Gasteiger partial charge in [-0.2, -0.15) is 0 Å². The number of nitrogens with zero attached hydrogens (tertiary/aromatic N) is 3. The van der Waals surface area contributed by atoms with Gasteiger partial charge in [-0.1, -0.05) is 18.2 Å². The zero-order chi connectivity index (χ0) is 24.4. The third-order valence-electron chi connectivity index (χ3n) is 5.39. The van der Waals surface area contributed by atoms with Crippen molar-refractivity contribution in [2.75, 3.05) is 30.3 Å². The van der Waals surface area contributed by atoms with Gasteiger partial charge in [0.2, 0.25) is 21.8 Å². The number of hydrogen-bond donors (Lipinski definition) is 3. The molecular formula is C21H32N6O5S. The number of nitrogens with two attached hydrogens (primary N) is 2. The van der Waals surface area contributed by atoms with Gasteiger partial charge in [0.25, 0.3) is 0 Å². The molecule has 1 aliphatic rings. The van der Waals surface area contributed by atoms with Crippen molar-refractivity contribution < 1.29 is 22.8 Å². The van der Waals surface area contributed by atoms with Crippen LogP contribution in [-0.4, -0.2) is 74.8 Å². The molecule has 33 heavy (non-hydrogen) atoms. The lowest BCUT2D eigenvalue weighted by Crippen LogP contribution is -2.53. The predicted molar refractivity (Wildman–Crippen MR) is 126 cm³/mol. The van der Waals surface area contributed by atoms with Gasteiger partial charge in [0.1, 0.15) is 12.3 Å². The highest BCUT2D eigenvalue weighted by atomic mass is 32.2. The Morgan fingerprint density at radius 1 is 1.30 bits per heavy atom. The molecule has 1 aliphatic heterocycles. The van der Waals surface area contributed by atoms with Crippen molar-refractivity contribution >= 4 is 39.8 Å². The first-order chi connectivity index (χ1) is 15.7. The van der Waals surface area contributed by atoms with Gasteiger partial charge in [0.05, 0.1) is 18.3 Å². The van der Waals surface area contributed by atoms with Gasteiger partial charge in [-0.05, 0) is 44.7 Å². The second-order valence-electron chi connectivity index (χ2n) is 7.67. The number of benzene rings is 1. The van der Waals surface area contributed by atoms with E-state index >= 15 is 0 Å². The second-order valence-corrected chi connectivity index (χ2v) is 9.76. The monoisotopic (exact) mass is 480 g/mol. The number of carbonyl (C=O) groups is 3. The average molecular weight is 481 g/mol. The highest BCUT2D eigenvalue weighted by Crippen LogP contribution is 2.25. The SMILES string of the molecule is CCS(=O)(=O)NCC(=O)N1CCC[C@H]1C(=O)N(c1ccccc1)[C@H](C=O)CCCN=C(N)N. The van der Waals surface area contributed by atoms with Gasteiger partial charge in [-0.15, -0.1) is 0 Å². The molecule has 12 heteroatoms. The highest BCUT2D eigenvalue weighted by Gasteiger charge is 2.39. The number of hydrogen-bond acceptors (Lipinski definition) is 6. The van der Waals surface area contributed by atoms with E-state index < -0.39 is 34.6 Å². The normalized spacial score (nSPS) is 16.8. The predicted octanol–water partition coefficient (Wildman–Crippen LogP) is -0.429. The molecule has 0 saturated carbocycles. The lowest BCUT2D eigenvalue weighted by atomic mass is 10.1. The van der Waals surface area contributed by atoms with Crippen molar-refractivity contribution in [3.8, 4) is 0 Å². The van der Waals surface area contributed by atoms with Crippen molar-refractivity contribution in [2.24, 2.45) is 16.5 Å². The first-order valence-corrected chi connectivity index (χ1v) is 12.5. The zero-order valence-electron chi connectivity index (χ0n) is 18.7.